The van der Waals surface area contributed by atoms with Crippen LogP contribution in [0, 0.1) is 13.8 Å². The van der Waals surface area contributed by atoms with Gasteiger partial charge in [-0.1, -0.05) is 17.8 Å². The number of rotatable bonds is 7. The smallest absolute Gasteiger partial charge is 0.277 e. The highest BCUT2D eigenvalue weighted by molar-refractivity contribution is 7.99. The number of thiazole rings is 1. The molecule has 0 aliphatic heterocycles. The Morgan fingerprint density at radius 2 is 2.19 bits per heavy atom. The first-order valence-electron chi connectivity index (χ1n) is 7.84. The lowest BCUT2D eigenvalue weighted by atomic mass is 10.2. The van der Waals surface area contributed by atoms with Crippen molar-refractivity contribution in [3.05, 3.63) is 45.7 Å². The molecule has 0 aliphatic carbocycles. The number of nitrogens with zero attached hydrogens (tertiary/aromatic N) is 3. The molecule has 0 spiro atoms. The highest BCUT2D eigenvalue weighted by Crippen LogP contribution is 2.26. The Morgan fingerprint density at radius 1 is 1.35 bits per heavy atom. The molecule has 26 heavy (non-hydrogen) atoms. The van der Waals surface area contributed by atoms with Gasteiger partial charge in [-0.05, 0) is 31.5 Å². The molecule has 2 aromatic heterocycles. The SMILES string of the molecule is COc1ccc(C)cc1NC(=O)CSc1nnc(Cc2csc(C)n2)o1. The van der Waals surface area contributed by atoms with Crippen LogP contribution in [0.25, 0.3) is 0 Å². The highest BCUT2D eigenvalue weighted by atomic mass is 32.2. The Balaban J connectivity index is 1.54. The second kappa shape index (κ2) is 8.33. The van der Waals surface area contributed by atoms with Gasteiger partial charge in [0.1, 0.15) is 5.75 Å². The first-order valence-corrected chi connectivity index (χ1v) is 9.70. The van der Waals surface area contributed by atoms with E-state index in [1.807, 2.05) is 37.4 Å². The van der Waals surface area contributed by atoms with Crippen LogP contribution in [-0.4, -0.2) is 34.0 Å². The van der Waals surface area contributed by atoms with E-state index in [4.69, 9.17) is 9.15 Å². The monoisotopic (exact) mass is 390 g/mol. The molecule has 136 valence electrons. The molecule has 0 fully saturated rings. The minimum absolute atomic E-state index is 0.161. The Hall–Kier alpha value is -2.39. The maximum absolute atomic E-state index is 12.2. The van der Waals surface area contributed by atoms with Gasteiger partial charge in [0.05, 0.1) is 35.7 Å². The van der Waals surface area contributed by atoms with Crippen LogP contribution in [0.4, 0.5) is 5.69 Å². The van der Waals surface area contributed by atoms with Crippen LogP contribution in [0.1, 0.15) is 22.2 Å². The number of thioether (sulfide) groups is 1. The number of benzene rings is 1. The van der Waals surface area contributed by atoms with Gasteiger partial charge in [-0.25, -0.2) is 4.98 Å². The average Bonchev–Trinajstić information content (AvgIpc) is 3.22. The van der Waals surface area contributed by atoms with Crippen LogP contribution < -0.4 is 10.1 Å². The third kappa shape index (κ3) is 4.83. The second-order valence-corrected chi connectivity index (χ2v) is 7.53. The fourth-order valence-electron chi connectivity index (χ4n) is 2.25. The molecule has 3 aromatic rings. The van der Waals surface area contributed by atoms with Crippen LogP contribution in [0.3, 0.4) is 0 Å². The predicted octanol–water partition coefficient (Wildman–Crippen LogP) is 3.47. The normalized spacial score (nSPS) is 10.7. The molecular weight excluding hydrogens is 372 g/mol. The minimum atomic E-state index is -0.172. The van der Waals surface area contributed by atoms with Crippen LogP contribution in [-0.2, 0) is 11.2 Å². The molecule has 1 amide bonds. The van der Waals surface area contributed by atoms with E-state index in [-0.39, 0.29) is 11.7 Å². The number of anilines is 1. The molecule has 1 N–H and O–H groups in total. The fraction of sp³-hybridized carbons (Fsp3) is 0.294. The summed E-state index contributed by atoms with van der Waals surface area (Å²) in [6, 6.07) is 5.61. The first-order chi connectivity index (χ1) is 12.5. The number of nitrogens with one attached hydrogen (secondary N) is 1. The van der Waals surface area contributed by atoms with E-state index in [2.05, 4.69) is 20.5 Å². The number of hydrogen-bond donors (Lipinski definition) is 1. The number of methoxy groups -OCH3 is 1. The van der Waals surface area contributed by atoms with E-state index in [0.29, 0.717) is 29.0 Å². The molecule has 2 heterocycles. The standard InChI is InChI=1S/C17H18N4O3S2/c1-10-4-5-14(23-3)13(6-10)19-15(22)9-26-17-21-20-16(24-17)7-12-8-25-11(2)18-12/h4-6,8H,7,9H2,1-3H3,(H,19,22). The Bertz CT molecular complexity index is 907. The quantitative estimate of drug-likeness (QED) is 0.618. The summed E-state index contributed by atoms with van der Waals surface area (Å²) >= 11 is 2.77. The summed E-state index contributed by atoms with van der Waals surface area (Å²) in [5.41, 5.74) is 2.58. The summed E-state index contributed by atoms with van der Waals surface area (Å²) in [4.78, 5) is 16.5. The van der Waals surface area contributed by atoms with Crippen molar-refractivity contribution in [3.8, 4) is 5.75 Å². The average molecular weight is 390 g/mol. The van der Waals surface area contributed by atoms with Crippen molar-refractivity contribution < 1.29 is 13.9 Å². The molecule has 0 atom stereocenters. The molecule has 0 saturated carbocycles. The molecule has 0 aliphatic rings. The maximum atomic E-state index is 12.2. The summed E-state index contributed by atoms with van der Waals surface area (Å²) in [5.74, 6) is 1.09. The number of ether oxygens (including phenoxy) is 1. The molecule has 7 nitrogen and oxygen atoms in total. The van der Waals surface area contributed by atoms with Gasteiger partial charge in [0, 0.05) is 5.38 Å². The van der Waals surface area contributed by atoms with Crippen molar-refractivity contribution in [3.63, 3.8) is 0 Å². The molecule has 0 saturated heterocycles. The molecule has 1 aromatic carbocycles. The summed E-state index contributed by atoms with van der Waals surface area (Å²) in [7, 11) is 1.57. The van der Waals surface area contributed by atoms with Crippen molar-refractivity contribution in [2.24, 2.45) is 0 Å². The first kappa shape index (κ1) is 18.4. The van der Waals surface area contributed by atoms with E-state index in [1.54, 1.807) is 18.4 Å². The van der Waals surface area contributed by atoms with E-state index >= 15 is 0 Å². The van der Waals surface area contributed by atoms with Crippen molar-refractivity contribution >= 4 is 34.7 Å². The van der Waals surface area contributed by atoms with Crippen LogP contribution in [0.15, 0.2) is 33.2 Å². The topological polar surface area (TPSA) is 90.1 Å². The van der Waals surface area contributed by atoms with Gasteiger partial charge in [-0.3, -0.25) is 4.79 Å². The van der Waals surface area contributed by atoms with Crippen molar-refractivity contribution in [2.75, 3.05) is 18.2 Å². The van der Waals surface area contributed by atoms with Crippen molar-refractivity contribution in [1.29, 1.82) is 0 Å². The van der Waals surface area contributed by atoms with Gasteiger partial charge >= 0.3 is 0 Å². The van der Waals surface area contributed by atoms with Gasteiger partial charge in [0.25, 0.3) is 5.22 Å². The summed E-state index contributed by atoms with van der Waals surface area (Å²) in [5, 5.41) is 14.1. The van der Waals surface area contributed by atoms with Crippen molar-refractivity contribution in [2.45, 2.75) is 25.5 Å². The lowest BCUT2D eigenvalue weighted by Crippen LogP contribution is -2.14. The number of carbonyl (C=O) groups is 1. The lowest BCUT2D eigenvalue weighted by molar-refractivity contribution is -0.113. The van der Waals surface area contributed by atoms with Crippen LogP contribution in [0.2, 0.25) is 0 Å². The predicted molar refractivity (Wildman–Crippen MR) is 101 cm³/mol. The van der Waals surface area contributed by atoms with Gasteiger partial charge in [0.2, 0.25) is 11.8 Å². The minimum Gasteiger partial charge on any atom is -0.495 e. The van der Waals surface area contributed by atoms with Gasteiger partial charge in [-0.15, -0.1) is 21.5 Å². The number of aryl methyl sites for hydroxylation is 2. The number of carbonyl (C=O) groups excluding carboxylic acids is 1. The van der Waals surface area contributed by atoms with E-state index in [1.165, 1.54) is 11.8 Å². The third-order valence-electron chi connectivity index (χ3n) is 3.40. The lowest BCUT2D eigenvalue weighted by Gasteiger charge is -2.10. The Kier molecular flexibility index (Phi) is 5.89. The van der Waals surface area contributed by atoms with E-state index in [0.717, 1.165) is 16.3 Å². The molecule has 3 rings (SSSR count). The van der Waals surface area contributed by atoms with Crippen LogP contribution >= 0.6 is 23.1 Å². The van der Waals surface area contributed by atoms with E-state index in [9.17, 15) is 4.79 Å². The third-order valence-corrected chi connectivity index (χ3v) is 5.04. The molecular formula is C17H18N4O3S2. The van der Waals surface area contributed by atoms with Crippen molar-refractivity contribution in [1.82, 2.24) is 15.2 Å². The van der Waals surface area contributed by atoms with Gasteiger partial charge in [0.15, 0.2) is 0 Å². The second-order valence-electron chi connectivity index (χ2n) is 5.54. The zero-order valence-corrected chi connectivity index (χ0v) is 16.2. The largest absolute Gasteiger partial charge is 0.495 e. The number of hydrogen-bond acceptors (Lipinski definition) is 8. The zero-order valence-electron chi connectivity index (χ0n) is 14.6. The highest BCUT2D eigenvalue weighted by Gasteiger charge is 2.13. The summed E-state index contributed by atoms with van der Waals surface area (Å²) in [6.07, 6.45) is 0.491. The summed E-state index contributed by atoms with van der Waals surface area (Å²) in [6.45, 7) is 3.90. The van der Waals surface area contributed by atoms with Crippen LogP contribution in [0.5, 0.6) is 5.75 Å². The van der Waals surface area contributed by atoms with E-state index < -0.39 is 0 Å². The molecule has 0 radical (unpaired) electrons. The Morgan fingerprint density at radius 3 is 2.92 bits per heavy atom. The zero-order chi connectivity index (χ0) is 18.5. The molecule has 0 unspecified atom stereocenters. The number of amides is 1. The fourth-order valence-corrected chi connectivity index (χ4v) is 3.44. The maximum Gasteiger partial charge on any atom is 0.277 e. The molecule has 9 heteroatoms. The molecule has 0 bridgehead atoms. The van der Waals surface area contributed by atoms with Gasteiger partial charge in [-0.2, -0.15) is 0 Å². The summed E-state index contributed by atoms with van der Waals surface area (Å²) < 4.78 is 10.8. The Labute approximate surface area is 159 Å². The number of aromatic nitrogens is 3. The van der Waals surface area contributed by atoms with Gasteiger partial charge < -0.3 is 14.5 Å².